The van der Waals surface area contributed by atoms with Gasteiger partial charge in [0.25, 0.3) is 0 Å². The summed E-state index contributed by atoms with van der Waals surface area (Å²) >= 11 is 0. The molecule has 0 aliphatic rings. The van der Waals surface area contributed by atoms with Crippen LogP contribution in [0.4, 0.5) is 0 Å². The van der Waals surface area contributed by atoms with Crippen molar-refractivity contribution in [2.75, 3.05) is 6.61 Å². The molecule has 0 saturated carbocycles. The van der Waals surface area contributed by atoms with Crippen molar-refractivity contribution in [3.8, 4) is 0 Å². The van der Waals surface area contributed by atoms with Crippen molar-refractivity contribution < 1.29 is 66.1 Å². The summed E-state index contributed by atoms with van der Waals surface area (Å²) in [4.78, 5) is 31.9. The zero-order chi connectivity index (χ0) is 25.8. The fraction of sp³-hybridized carbons (Fsp3) is 0.462. The van der Waals surface area contributed by atoms with Gasteiger partial charge < -0.3 is 4.55 Å². The van der Waals surface area contributed by atoms with Gasteiger partial charge in [-0.3, -0.25) is 4.18 Å². The summed E-state index contributed by atoms with van der Waals surface area (Å²) in [7, 11) is -4.48. The minimum Gasteiger partial charge on any atom is -0.726 e. The minimum atomic E-state index is -4.48. The molecule has 8 nitrogen and oxygen atoms in total. The van der Waals surface area contributed by atoms with Crippen LogP contribution in [-0.4, -0.2) is 31.5 Å². The van der Waals surface area contributed by atoms with E-state index >= 15 is 0 Å². The van der Waals surface area contributed by atoms with Crippen LogP contribution in [0.3, 0.4) is 0 Å². The topological polar surface area (TPSA) is 119 Å². The maximum atomic E-state index is 11.5. The Morgan fingerprint density at radius 2 is 1.03 bits per heavy atom. The standard InChI is InChI=1S/C14H10O4.C12H26O4S.Na/c15-13(11-7-3-1-4-8-11)17-18-14(16)12-9-5-2-6-10-12;1-2-3-4-5-6-7-8-9-10-11-12-16-17(13,14)15;/h1-10H;2-12H2,1H3,(H,13,14,15);/q;;+1/p-1. The van der Waals surface area contributed by atoms with E-state index in [1.54, 1.807) is 60.7 Å². The van der Waals surface area contributed by atoms with Crippen LogP contribution < -0.4 is 29.6 Å². The van der Waals surface area contributed by atoms with Crippen molar-refractivity contribution in [3.63, 3.8) is 0 Å². The molecule has 0 aliphatic carbocycles. The molecule has 2 rings (SSSR count). The number of hydrogen-bond donors (Lipinski definition) is 0. The molecule has 0 bridgehead atoms. The molecule has 194 valence electrons. The van der Waals surface area contributed by atoms with E-state index in [1.165, 1.54) is 44.9 Å². The Labute approximate surface area is 236 Å². The SMILES string of the molecule is CCCCCCCCCCCCOS(=O)(=O)[O-].O=C(OOC(=O)c1ccccc1)c1ccccc1.[Na+]. The Morgan fingerprint density at radius 1 is 0.667 bits per heavy atom. The van der Waals surface area contributed by atoms with E-state index < -0.39 is 22.3 Å². The minimum absolute atomic E-state index is 0. The maximum Gasteiger partial charge on any atom is 1.00 e. The molecule has 0 saturated heterocycles. The van der Waals surface area contributed by atoms with Gasteiger partial charge in [-0.2, -0.15) is 0 Å². The Morgan fingerprint density at radius 3 is 1.39 bits per heavy atom. The molecule has 0 heterocycles. The van der Waals surface area contributed by atoms with Gasteiger partial charge in [0.05, 0.1) is 17.7 Å². The number of rotatable bonds is 14. The van der Waals surface area contributed by atoms with E-state index in [2.05, 4.69) is 20.9 Å². The van der Waals surface area contributed by atoms with Crippen molar-refractivity contribution in [1.82, 2.24) is 0 Å². The largest absolute Gasteiger partial charge is 1.00 e. The fourth-order valence-corrected chi connectivity index (χ4v) is 3.39. The molecule has 0 radical (unpaired) electrons. The normalized spacial score (nSPS) is 10.4. The second kappa shape index (κ2) is 21.3. The van der Waals surface area contributed by atoms with Gasteiger partial charge in [-0.05, 0) is 30.7 Å². The van der Waals surface area contributed by atoms with Gasteiger partial charge in [0.1, 0.15) is 0 Å². The first-order valence-corrected chi connectivity index (χ1v) is 13.3. The number of unbranched alkanes of at least 4 members (excludes halogenated alkanes) is 9. The van der Waals surface area contributed by atoms with Gasteiger partial charge in [0.2, 0.25) is 10.4 Å². The molecule has 2 aromatic carbocycles. The molecule has 0 spiro atoms. The zero-order valence-electron chi connectivity index (χ0n) is 21.2. The van der Waals surface area contributed by atoms with Crippen LogP contribution in [0.15, 0.2) is 60.7 Å². The second-order valence-electron chi connectivity index (χ2n) is 7.89. The smallest absolute Gasteiger partial charge is 0.726 e. The van der Waals surface area contributed by atoms with Gasteiger partial charge >= 0.3 is 41.5 Å². The predicted octanol–water partition coefficient (Wildman–Crippen LogP) is 3.00. The monoisotopic (exact) mass is 530 g/mol. The molecule has 0 amide bonds. The molecule has 0 N–H and O–H groups in total. The zero-order valence-corrected chi connectivity index (χ0v) is 24.0. The first-order valence-electron chi connectivity index (χ1n) is 12.0. The molecule has 2 aromatic rings. The van der Waals surface area contributed by atoms with Crippen molar-refractivity contribution in [2.24, 2.45) is 0 Å². The number of carbonyl (C=O) groups is 2. The molecular formula is C26H35NaO8S. The molecular weight excluding hydrogens is 495 g/mol. The van der Waals surface area contributed by atoms with Crippen LogP contribution in [0.1, 0.15) is 91.8 Å². The van der Waals surface area contributed by atoms with Crippen molar-refractivity contribution >= 4 is 22.3 Å². The number of hydrogen-bond acceptors (Lipinski definition) is 8. The first-order chi connectivity index (χ1) is 16.8. The molecule has 10 heteroatoms. The summed E-state index contributed by atoms with van der Waals surface area (Å²) in [6.45, 7) is 2.24. The molecule has 36 heavy (non-hydrogen) atoms. The average Bonchev–Trinajstić information content (AvgIpc) is 2.86. The third kappa shape index (κ3) is 18.5. The summed E-state index contributed by atoms with van der Waals surface area (Å²) in [5, 5.41) is 0. The fourth-order valence-electron chi connectivity index (χ4n) is 3.07. The quantitative estimate of drug-likeness (QED) is 0.0913. The van der Waals surface area contributed by atoms with Gasteiger partial charge in [0, 0.05) is 0 Å². The van der Waals surface area contributed by atoms with Gasteiger partial charge in [0.15, 0.2) is 0 Å². The molecule has 0 atom stereocenters. The molecule has 0 fully saturated rings. The van der Waals surface area contributed by atoms with Crippen LogP contribution in [0.25, 0.3) is 0 Å². The molecule has 0 aliphatic heterocycles. The summed E-state index contributed by atoms with van der Waals surface area (Å²) in [5.41, 5.74) is 0.636. The Kier molecular flexibility index (Phi) is 20.3. The third-order valence-electron chi connectivity index (χ3n) is 4.94. The van der Waals surface area contributed by atoms with E-state index in [0.29, 0.717) is 17.5 Å². The average molecular weight is 531 g/mol. The van der Waals surface area contributed by atoms with Gasteiger partial charge in [-0.25, -0.2) is 27.8 Å². The van der Waals surface area contributed by atoms with Crippen molar-refractivity contribution in [1.29, 1.82) is 0 Å². The number of benzene rings is 2. The Balaban J connectivity index is 0.000000664. The summed E-state index contributed by atoms with van der Waals surface area (Å²) in [6, 6.07) is 16.6. The second-order valence-corrected chi connectivity index (χ2v) is 8.94. The summed E-state index contributed by atoms with van der Waals surface area (Å²) in [6.07, 6.45) is 11.7. The van der Waals surface area contributed by atoms with E-state index in [9.17, 15) is 22.6 Å². The predicted molar refractivity (Wildman–Crippen MR) is 131 cm³/mol. The van der Waals surface area contributed by atoms with E-state index in [4.69, 9.17) is 0 Å². The van der Waals surface area contributed by atoms with Crippen LogP contribution >= 0.6 is 0 Å². The van der Waals surface area contributed by atoms with Crippen molar-refractivity contribution in [3.05, 3.63) is 71.8 Å². The summed E-state index contributed by atoms with van der Waals surface area (Å²) < 4.78 is 34.5. The Hall–Kier alpha value is -1.75. The van der Waals surface area contributed by atoms with Crippen LogP contribution in [-0.2, 0) is 24.4 Å². The van der Waals surface area contributed by atoms with Gasteiger partial charge in [-0.15, -0.1) is 0 Å². The first kappa shape index (κ1) is 34.2. The van der Waals surface area contributed by atoms with E-state index in [1.807, 2.05) is 0 Å². The van der Waals surface area contributed by atoms with Crippen molar-refractivity contribution in [2.45, 2.75) is 71.1 Å². The molecule has 0 unspecified atom stereocenters. The maximum absolute atomic E-state index is 11.5. The molecule has 0 aromatic heterocycles. The van der Waals surface area contributed by atoms with Gasteiger partial charge in [-0.1, -0.05) is 101 Å². The van der Waals surface area contributed by atoms with E-state index in [-0.39, 0.29) is 36.2 Å². The summed E-state index contributed by atoms with van der Waals surface area (Å²) in [5.74, 6) is -1.42. The third-order valence-corrected chi connectivity index (χ3v) is 5.39. The number of carbonyl (C=O) groups excluding carboxylic acids is 2. The van der Waals surface area contributed by atoms with Crippen LogP contribution in [0.2, 0.25) is 0 Å². The van der Waals surface area contributed by atoms with Crippen LogP contribution in [0, 0.1) is 0 Å². The van der Waals surface area contributed by atoms with E-state index in [0.717, 1.165) is 12.8 Å². The van der Waals surface area contributed by atoms with Crippen LogP contribution in [0.5, 0.6) is 0 Å². The Bertz CT molecular complexity index is 885.